The first-order chi connectivity index (χ1) is 7.00. The lowest BCUT2D eigenvalue weighted by Gasteiger charge is -2.22. The second-order valence-corrected chi connectivity index (χ2v) is 4.97. The number of nitrogens with one attached hydrogen (secondary N) is 1. The van der Waals surface area contributed by atoms with Crippen LogP contribution in [0, 0.1) is 0 Å². The molecule has 15 heavy (non-hydrogen) atoms. The van der Waals surface area contributed by atoms with Gasteiger partial charge in [0.15, 0.2) is 6.20 Å². The van der Waals surface area contributed by atoms with E-state index < -0.39 is 0 Å². The predicted molar refractivity (Wildman–Crippen MR) is 57.6 cm³/mol. The molecule has 1 aliphatic heterocycles. The van der Waals surface area contributed by atoms with Gasteiger partial charge in [-0.1, -0.05) is 0 Å². The lowest BCUT2D eigenvalue weighted by Crippen LogP contribution is -2.56. The first-order valence-corrected chi connectivity index (χ1v) is 5.35. The third kappa shape index (κ3) is 1.81. The SMILES string of the molecule is CC(C)(C)n1cc[n+]2c(c1=O)CCNC2. The fourth-order valence-electron chi connectivity index (χ4n) is 1.90. The fraction of sp³-hybridized carbons (Fsp3) is 0.636. The average molecular weight is 208 g/mol. The molecule has 0 bridgehead atoms. The van der Waals surface area contributed by atoms with Crippen LogP contribution in [0.25, 0.3) is 0 Å². The summed E-state index contributed by atoms with van der Waals surface area (Å²) in [6.45, 7) is 7.78. The largest absolute Gasteiger partial charge is 0.318 e. The Bertz CT molecular complexity index is 428. The summed E-state index contributed by atoms with van der Waals surface area (Å²) in [6.07, 6.45) is 4.67. The van der Waals surface area contributed by atoms with E-state index in [1.54, 1.807) is 0 Å². The van der Waals surface area contributed by atoms with Crippen molar-refractivity contribution >= 4 is 0 Å². The minimum Gasteiger partial charge on any atom is -0.299 e. The van der Waals surface area contributed by atoms with Crippen LogP contribution in [-0.4, -0.2) is 11.1 Å². The normalized spacial score (nSPS) is 16.2. The van der Waals surface area contributed by atoms with E-state index >= 15 is 0 Å². The molecule has 0 aliphatic carbocycles. The number of hydrogen-bond donors (Lipinski definition) is 1. The van der Waals surface area contributed by atoms with Crippen LogP contribution in [0.1, 0.15) is 26.5 Å². The van der Waals surface area contributed by atoms with Gasteiger partial charge in [-0.15, -0.1) is 0 Å². The average Bonchev–Trinajstić information content (AvgIpc) is 2.16. The number of fused-ring (bicyclic) bond motifs is 1. The molecule has 0 radical (unpaired) electrons. The van der Waals surface area contributed by atoms with Gasteiger partial charge >= 0.3 is 5.56 Å². The molecule has 2 heterocycles. The molecular formula is C11H18N3O+. The highest BCUT2D eigenvalue weighted by Gasteiger charge is 2.24. The zero-order chi connectivity index (χ0) is 11.1. The Labute approximate surface area is 89.6 Å². The van der Waals surface area contributed by atoms with Crippen LogP contribution >= 0.6 is 0 Å². The molecule has 4 heteroatoms. The Morgan fingerprint density at radius 1 is 1.47 bits per heavy atom. The van der Waals surface area contributed by atoms with Gasteiger partial charge in [0.05, 0.1) is 12.6 Å². The summed E-state index contributed by atoms with van der Waals surface area (Å²) in [7, 11) is 0. The van der Waals surface area contributed by atoms with E-state index in [9.17, 15) is 4.79 Å². The molecule has 0 fully saturated rings. The van der Waals surface area contributed by atoms with Crippen LogP contribution in [-0.2, 0) is 18.6 Å². The molecule has 1 aromatic rings. The third-order valence-corrected chi connectivity index (χ3v) is 2.75. The van der Waals surface area contributed by atoms with Gasteiger partial charge in [-0.2, -0.15) is 4.57 Å². The van der Waals surface area contributed by atoms with Crippen LogP contribution in [0.2, 0.25) is 0 Å². The summed E-state index contributed by atoms with van der Waals surface area (Å²) in [6, 6.07) is 0. The highest BCUT2D eigenvalue weighted by molar-refractivity contribution is 4.96. The molecular weight excluding hydrogens is 190 g/mol. The van der Waals surface area contributed by atoms with Crippen molar-refractivity contribution in [3.05, 3.63) is 28.4 Å². The minimum absolute atomic E-state index is 0.141. The van der Waals surface area contributed by atoms with Crippen molar-refractivity contribution in [1.82, 2.24) is 9.88 Å². The fourth-order valence-corrected chi connectivity index (χ4v) is 1.90. The molecule has 82 valence electrons. The van der Waals surface area contributed by atoms with Crippen LogP contribution in [0.3, 0.4) is 0 Å². The predicted octanol–water partition coefficient (Wildman–Crippen LogP) is -0.00600. The molecule has 2 rings (SSSR count). The zero-order valence-corrected chi connectivity index (χ0v) is 9.58. The van der Waals surface area contributed by atoms with Crippen molar-refractivity contribution < 1.29 is 4.57 Å². The Kier molecular flexibility index (Phi) is 2.38. The Balaban J connectivity index is 2.58. The van der Waals surface area contributed by atoms with Crippen LogP contribution in [0.15, 0.2) is 17.2 Å². The molecule has 0 aromatic carbocycles. The lowest BCUT2D eigenvalue weighted by molar-refractivity contribution is -0.715. The quantitative estimate of drug-likeness (QED) is 0.609. The van der Waals surface area contributed by atoms with Gasteiger partial charge in [0.25, 0.3) is 0 Å². The van der Waals surface area contributed by atoms with E-state index in [1.807, 2.05) is 42.3 Å². The van der Waals surface area contributed by atoms with Crippen molar-refractivity contribution in [2.75, 3.05) is 6.54 Å². The highest BCUT2D eigenvalue weighted by atomic mass is 16.1. The number of hydrogen-bond acceptors (Lipinski definition) is 2. The molecule has 0 spiro atoms. The molecule has 1 aromatic heterocycles. The maximum atomic E-state index is 12.2. The second-order valence-electron chi connectivity index (χ2n) is 4.97. The smallest absolute Gasteiger partial charge is 0.299 e. The van der Waals surface area contributed by atoms with E-state index in [0.29, 0.717) is 0 Å². The first-order valence-electron chi connectivity index (χ1n) is 5.35. The Morgan fingerprint density at radius 2 is 2.20 bits per heavy atom. The van der Waals surface area contributed by atoms with E-state index in [1.165, 1.54) is 0 Å². The lowest BCUT2D eigenvalue weighted by atomic mass is 10.1. The molecule has 0 unspecified atom stereocenters. The van der Waals surface area contributed by atoms with Crippen molar-refractivity contribution in [3.8, 4) is 0 Å². The topological polar surface area (TPSA) is 37.9 Å². The van der Waals surface area contributed by atoms with E-state index in [4.69, 9.17) is 0 Å². The van der Waals surface area contributed by atoms with E-state index in [-0.39, 0.29) is 11.1 Å². The zero-order valence-electron chi connectivity index (χ0n) is 9.58. The number of aromatic nitrogens is 2. The maximum Gasteiger partial charge on any atom is 0.318 e. The van der Waals surface area contributed by atoms with Gasteiger partial charge in [0.2, 0.25) is 12.4 Å². The molecule has 0 atom stereocenters. The van der Waals surface area contributed by atoms with Crippen molar-refractivity contribution in [2.24, 2.45) is 0 Å². The van der Waals surface area contributed by atoms with E-state index in [0.717, 1.165) is 25.3 Å². The van der Waals surface area contributed by atoms with Gasteiger partial charge in [-0.25, -0.2) is 0 Å². The molecule has 0 saturated carbocycles. The van der Waals surface area contributed by atoms with Gasteiger partial charge in [0, 0.05) is 12.1 Å². The van der Waals surface area contributed by atoms with Crippen molar-refractivity contribution in [2.45, 2.75) is 39.4 Å². The van der Waals surface area contributed by atoms with Gasteiger partial charge in [-0.05, 0) is 20.8 Å². The molecule has 0 saturated heterocycles. The van der Waals surface area contributed by atoms with Crippen LogP contribution in [0.4, 0.5) is 0 Å². The molecule has 0 amide bonds. The summed E-state index contributed by atoms with van der Waals surface area (Å²) in [5.74, 6) is 0. The number of rotatable bonds is 0. The monoisotopic (exact) mass is 208 g/mol. The second kappa shape index (κ2) is 3.45. The number of nitrogens with zero attached hydrogens (tertiary/aromatic N) is 2. The maximum absolute atomic E-state index is 12.2. The molecule has 4 nitrogen and oxygen atoms in total. The highest BCUT2D eigenvalue weighted by Crippen LogP contribution is 2.09. The summed E-state index contributed by atoms with van der Waals surface area (Å²) in [5, 5.41) is 3.24. The minimum atomic E-state index is -0.141. The van der Waals surface area contributed by atoms with Crippen molar-refractivity contribution in [3.63, 3.8) is 0 Å². The summed E-state index contributed by atoms with van der Waals surface area (Å²) in [4.78, 5) is 12.2. The first kappa shape index (κ1) is 10.4. The van der Waals surface area contributed by atoms with E-state index in [2.05, 4.69) is 5.32 Å². The third-order valence-electron chi connectivity index (χ3n) is 2.75. The van der Waals surface area contributed by atoms with Gasteiger partial charge in [0.1, 0.15) is 0 Å². The van der Waals surface area contributed by atoms with Gasteiger partial charge < -0.3 is 0 Å². The van der Waals surface area contributed by atoms with Gasteiger partial charge in [-0.3, -0.25) is 14.7 Å². The Morgan fingerprint density at radius 3 is 2.87 bits per heavy atom. The summed E-state index contributed by atoms with van der Waals surface area (Å²) >= 11 is 0. The molecule has 1 aliphatic rings. The molecule has 1 N–H and O–H groups in total. The van der Waals surface area contributed by atoms with Crippen LogP contribution < -0.4 is 15.4 Å². The van der Waals surface area contributed by atoms with Crippen LogP contribution in [0.5, 0.6) is 0 Å². The summed E-state index contributed by atoms with van der Waals surface area (Å²) in [5.41, 5.74) is 0.912. The van der Waals surface area contributed by atoms with Crippen molar-refractivity contribution in [1.29, 1.82) is 0 Å². The standard InChI is InChI=1S/C11H18N3O/c1-11(2,3)14-7-6-13-8-12-5-4-9(13)10(14)15/h6-7,12H,4-5,8H2,1-3H3/q+1. The summed E-state index contributed by atoms with van der Waals surface area (Å²) < 4.78 is 3.80. The Hall–Kier alpha value is -1.16.